The molecule has 0 aliphatic carbocycles. The van der Waals surface area contributed by atoms with Crippen molar-refractivity contribution in [2.75, 3.05) is 0 Å². The molecule has 0 saturated carbocycles. The zero-order valence-corrected chi connectivity index (χ0v) is 18.3. The van der Waals surface area contributed by atoms with Gasteiger partial charge in [0.05, 0.1) is 36.4 Å². The fraction of sp³-hybridized carbons (Fsp3) is 0.182. The highest BCUT2D eigenvalue weighted by Gasteiger charge is 2.41. The second-order valence-corrected chi connectivity index (χ2v) is 7.88. The molecule has 0 aliphatic heterocycles. The molecule has 0 aliphatic rings. The fourth-order valence-corrected chi connectivity index (χ4v) is 3.90. The molecular weight excluding hydrogens is 460 g/mol. The normalized spacial score (nSPS) is 14.1. The molecule has 35 heavy (non-hydrogen) atoms. The molecule has 178 valence electrons. The molecule has 11 nitrogen and oxygen atoms in total. The second-order valence-electron chi connectivity index (χ2n) is 7.88. The quantitative estimate of drug-likeness (QED) is 0.377. The number of hydrogen-bond acceptors (Lipinski definition) is 7. The monoisotopic (exact) mass is 479 g/mol. The summed E-state index contributed by atoms with van der Waals surface area (Å²) in [5.41, 5.74) is -1.59. The van der Waals surface area contributed by atoms with Gasteiger partial charge in [0, 0.05) is 11.6 Å². The van der Waals surface area contributed by atoms with Crippen LogP contribution in [0.15, 0.2) is 78.6 Å². The zero-order valence-electron chi connectivity index (χ0n) is 18.3. The van der Waals surface area contributed by atoms with Gasteiger partial charge in [0.25, 0.3) is 0 Å². The summed E-state index contributed by atoms with van der Waals surface area (Å²) in [6, 6.07) is 8.63. The Hall–Kier alpha value is -4.52. The predicted octanol–water partition coefficient (Wildman–Crippen LogP) is 1.63. The molecular formula is C22H19F2N9O2. The topological polar surface area (TPSA) is 121 Å². The minimum absolute atomic E-state index is 0.209. The molecule has 0 amide bonds. The van der Waals surface area contributed by atoms with Crippen LogP contribution in [0.2, 0.25) is 0 Å². The fourth-order valence-electron chi connectivity index (χ4n) is 3.90. The van der Waals surface area contributed by atoms with Crippen LogP contribution in [0.4, 0.5) is 8.78 Å². The van der Waals surface area contributed by atoms with E-state index in [9.17, 15) is 18.7 Å². The Bertz CT molecular complexity index is 1490. The zero-order chi connectivity index (χ0) is 24.6. The van der Waals surface area contributed by atoms with Crippen LogP contribution in [-0.2, 0) is 12.1 Å². The molecule has 13 heteroatoms. The molecule has 0 bridgehead atoms. The highest BCUT2D eigenvalue weighted by atomic mass is 19.1. The number of aromatic nitrogens is 9. The highest BCUT2D eigenvalue weighted by molar-refractivity contribution is 5.40. The van der Waals surface area contributed by atoms with Crippen molar-refractivity contribution in [2.45, 2.75) is 25.1 Å². The number of nitrogens with zero attached hydrogens (tertiary/aromatic N) is 9. The van der Waals surface area contributed by atoms with Gasteiger partial charge in [0.15, 0.2) is 0 Å². The van der Waals surface area contributed by atoms with E-state index in [-0.39, 0.29) is 12.1 Å². The van der Waals surface area contributed by atoms with Crippen molar-refractivity contribution in [3.05, 3.63) is 102 Å². The van der Waals surface area contributed by atoms with Crippen LogP contribution >= 0.6 is 0 Å². The van der Waals surface area contributed by atoms with Crippen molar-refractivity contribution in [2.24, 2.45) is 0 Å². The summed E-state index contributed by atoms with van der Waals surface area (Å²) in [7, 11) is 0. The molecule has 0 spiro atoms. The first-order chi connectivity index (χ1) is 16.9. The van der Waals surface area contributed by atoms with Crippen molar-refractivity contribution in [3.8, 4) is 11.4 Å². The minimum Gasteiger partial charge on any atom is -0.381 e. The van der Waals surface area contributed by atoms with Crippen LogP contribution in [0, 0.1) is 11.6 Å². The summed E-state index contributed by atoms with van der Waals surface area (Å²) in [6.45, 7) is 1.26. The maximum Gasteiger partial charge on any atom is 0.350 e. The smallest absolute Gasteiger partial charge is 0.350 e. The van der Waals surface area contributed by atoms with Crippen LogP contribution in [0.25, 0.3) is 11.4 Å². The molecule has 3 aromatic heterocycles. The van der Waals surface area contributed by atoms with E-state index in [0.717, 1.165) is 16.8 Å². The van der Waals surface area contributed by atoms with Gasteiger partial charge in [-0.25, -0.2) is 32.5 Å². The number of hydrogen-bond donors (Lipinski definition) is 1. The highest BCUT2D eigenvalue weighted by Crippen LogP contribution is 2.35. The van der Waals surface area contributed by atoms with E-state index in [1.54, 1.807) is 36.7 Å². The number of aliphatic hydroxyl groups is 1. The number of benzene rings is 2. The molecule has 0 fully saturated rings. The molecule has 0 saturated heterocycles. The molecule has 5 aromatic rings. The summed E-state index contributed by atoms with van der Waals surface area (Å²) >= 11 is 0. The van der Waals surface area contributed by atoms with Crippen LogP contribution < -0.4 is 5.69 Å². The predicted molar refractivity (Wildman–Crippen MR) is 118 cm³/mol. The lowest BCUT2D eigenvalue weighted by Crippen LogP contribution is -2.44. The third-order valence-electron chi connectivity index (χ3n) is 5.80. The van der Waals surface area contributed by atoms with Crippen LogP contribution in [-0.4, -0.2) is 49.2 Å². The van der Waals surface area contributed by atoms with Gasteiger partial charge in [-0.15, -0.1) is 0 Å². The average molecular weight is 479 g/mol. The van der Waals surface area contributed by atoms with Crippen molar-refractivity contribution in [3.63, 3.8) is 0 Å². The number of halogens is 2. The Morgan fingerprint density at radius 2 is 1.69 bits per heavy atom. The third kappa shape index (κ3) is 4.01. The van der Waals surface area contributed by atoms with Crippen LogP contribution in [0.5, 0.6) is 0 Å². The molecule has 5 rings (SSSR count). The summed E-state index contributed by atoms with van der Waals surface area (Å²) in [6.07, 6.45) is 7.01. The van der Waals surface area contributed by atoms with Crippen molar-refractivity contribution >= 4 is 0 Å². The van der Waals surface area contributed by atoms with E-state index in [1.165, 1.54) is 40.0 Å². The first-order valence-corrected chi connectivity index (χ1v) is 10.5. The van der Waals surface area contributed by atoms with Crippen LogP contribution in [0.3, 0.4) is 0 Å². The van der Waals surface area contributed by atoms with Gasteiger partial charge in [0.1, 0.15) is 36.2 Å². The molecule has 0 radical (unpaired) electrons. The molecule has 3 heterocycles. The van der Waals surface area contributed by atoms with Gasteiger partial charge in [-0.2, -0.15) is 25.2 Å². The average Bonchev–Trinajstić information content (AvgIpc) is 3.61. The molecule has 2 unspecified atom stereocenters. The van der Waals surface area contributed by atoms with Crippen LogP contribution in [0.1, 0.15) is 18.5 Å². The standard InChI is InChI=1S/C22H19F2N9O2/c1-15(22(35,11-30-13-25-12-28-30)19-7-2-16(23)10-20(19)24)32-21(34)31(14-29-32)17-3-5-18(6-4-17)33-26-8-9-27-33/h2-10,12-15,35H,11H2,1H3. The summed E-state index contributed by atoms with van der Waals surface area (Å²) in [5, 5.41) is 28.0. The maximum absolute atomic E-state index is 14.8. The largest absolute Gasteiger partial charge is 0.381 e. The van der Waals surface area contributed by atoms with E-state index in [2.05, 4.69) is 25.4 Å². The first-order valence-electron chi connectivity index (χ1n) is 10.5. The summed E-state index contributed by atoms with van der Waals surface area (Å²) < 4.78 is 32.0. The van der Waals surface area contributed by atoms with Gasteiger partial charge in [-0.1, -0.05) is 6.07 Å². The Labute approximate surface area is 196 Å². The van der Waals surface area contributed by atoms with E-state index in [0.29, 0.717) is 17.4 Å². The lowest BCUT2D eigenvalue weighted by Gasteiger charge is -2.34. The van der Waals surface area contributed by atoms with Gasteiger partial charge in [-0.3, -0.25) is 0 Å². The van der Waals surface area contributed by atoms with E-state index in [1.807, 2.05) is 0 Å². The Balaban J connectivity index is 1.53. The van der Waals surface area contributed by atoms with Gasteiger partial charge in [0.2, 0.25) is 0 Å². The lowest BCUT2D eigenvalue weighted by atomic mass is 9.86. The Morgan fingerprint density at radius 3 is 2.34 bits per heavy atom. The van der Waals surface area contributed by atoms with Crippen molar-refractivity contribution in [1.29, 1.82) is 0 Å². The van der Waals surface area contributed by atoms with Gasteiger partial charge >= 0.3 is 5.69 Å². The van der Waals surface area contributed by atoms with Gasteiger partial charge in [-0.05, 0) is 37.3 Å². The minimum atomic E-state index is -2.02. The van der Waals surface area contributed by atoms with E-state index >= 15 is 0 Å². The maximum atomic E-state index is 14.8. The first kappa shape index (κ1) is 22.3. The SMILES string of the molecule is CC(n1ncn(-c2ccc(-n3nccn3)cc2)c1=O)C(O)(Cn1cncn1)c1ccc(F)cc1F. The summed E-state index contributed by atoms with van der Waals surface area (Å²) in [5.74, 6) is -1.76. The van der Waals surface area contributed by atoms with Gasteiger partial charge < -0.3 is 5.11 Å². The summed E-state index contributed by atoms with van der Waals surface area (Å²) in [4.78, 5) is 18.6. The Morgan fingerprint density at radius 1 is 0.971 bits per heavy atom. The van der Waals surface area contributed by atoms with Crippen molar-refractivity contribution in [1.82, 2.24) is 44.1 Å². The lowest BCUT2D eigenvalue weighted by molar-refractivity contribution is -0.0381. The van der Waals surface area contributed by atoms with E-state index < -0.39 is 29.0 Å². The molecule has 1 N–H and O–H groups in total. The second kappa shape index (κ2) is 8.68. The molecule has 2 atom stereocenters. The number of rotatable bonds is 7. The molecule has 2 aromatic carbocycles. The Kier molecular flexibility index (Phi) is 5.53. The van der Waals surface area contributed by atoms with Crippen molar-refractivity contribution < 1.29 is 13.9 Å². The third-order valence-corrected chi connectivity index (χ3v) is 5.80. The van der Waals surface area contributed by atoms with E-state index in [4.69, 9.17) is 0 Å².